The van der Waals surface area contributed by atoms with E-state index >= 15 is 0 Å². The highest BCUT2D eigenvalue weighted by atomic mass is 127. The Morgan fingerprint density at radius 2 is 1.82 bits per heavy atom. The van der Waals surface area contributed by atoms with Crippen LogP contribution >= 0.6 is 22.6 Å². The molecule has 2 N–H and O–H groups in total. The van der Waals surface area contributed by atoms with E-state index in [1.165, 1.54) is 0 Å². The molecule has 0 unspecified atom stereocenters. The van der Waals surface area contributed by atoms with Crippen molar-refractivity contribution < 1.29 is 15.0 Å². The molecule has 17 heavy (non-hydrogen) atoms. The quantitative estimate of drug-likeness (QED) is 0.825. The molecule has 0 radical (unpaired) electrons. The molecule has 3 nitrogen and oxygen atoms in total. The molecule has 0 fully saturated rings. The molecule has 0 bridgehead atoms. The van der Waals surface area contributed by atoms with Gasteiger partial charge >= 0.3 is 5.97 Å². The Balaban J connectivity index is 2.60. The van der Waals surface area contributed by atoms with Crippen LogP contribution in [0.1, 0.15) is 10.4 Å². The molecular formula is C13H9IO3. The highest BCUT2D eigenvalue weighted by Gasteiger charge is 2.09. The third-order valence-electron chi connectivity index (χ3n) is 2.36. The molecule has 2 rings (SSSR count). The van der Waals surface area contributed by atoms with Crippen molar-refractivity contribution in [1.82, 2.24) is 0 Å². The van der Waals surface area contributed by atoms with Gasteiger partial charge in [0.05, 0.1) is 5.56 Å². The van der Waals surface area contributed by atoms with Gasteiger partial charge in [-0.15, -0.1) is 0 Å². The van der Waals surface area contributed by atoms with Gasteiger partial charge in [-0.1, -0.05) is 18.2 Å². The minimum Gasteiger partial charge on any atom is -0.507 e. The lowest BCUT2D eigenvalue weighted by molar-refractivity contribution is 0.0697. The molecule has 0 spiro atoms. The van der Waals surface area contributed by atoms with Crippen molar-refractivity contribution in [3.05, 3.63) is 51.6 Å². The fourth-order valence-electron chi connectivity index (χ4n) is 1.59. The lowest BCUT2D eigenvalue weighted by Crippen LogP contribution is -1.97. The summed E-state index contributed by atoms with van der Waals surface area (Å²) in [6.45, 7) is 0. The largest absolute Gasteiger partial charge is 0.507 e. The maximum absolute atomic E-state index is 11.0. The number of phenolic OH excluding ortho intramolecular Hbond substituents is 1. The number of carbonyl (C=O) groups is 1. The van der Waals surface area contributed by atoms with Gasteiger partial charge in [0.25, 0.3) is 0 Å². The van der Waals surface area contributed by atoms with Crippen LogP contribution in [0.2, 0.25) is 0 Å². The van der Waals surface area contributed by atoms with E-state index in [4.69, 9.17) is 5.11 Å². The zero-order valence-electron chi connectivity index (χ0n) is 8.72. The van der Waals surface area contributed by atoms with Crippen molar-refractivity contribution in [2.24, 2.45) is 0 Å². The Labute approximate surface area is 112 Å². The van der Waals surface area contributed by atoms with Gasteiger partial charge in [0.15, 0.2) is 0 Å². The van der Waals surface area contributed by atoms with Crippen LogP contribution in [0.4, 0.5) is 0 Å². The summed E-state index contributed by atoms with van der Waals surface area (Å²) in [5.41, 5.74) is 1.55. The Hall–Kier alpha value is -1.56. The summed E-state index contributed by atoms with van der Waals surface area (Å²) in [5.74, 6) is -0.828. The Morgan fingerprint density at radius 1 is 1.12 bits per heavy atom. The average Bonchev–Trinajstić information content (AvgIpc) is 2.28. The molecule has 0 amide bonds. The van der Waals surface area contributed by atoms with Crippen LogP contribution in [0, 0.1) is 3.57 Å². The topological polar surface area (TPSA) is 57.5 Å². The van der Waals surface area contributed by atoms with Crippen LogP contribution in [0.5, 0.6) is 5.75 Å². The summed E-state index contributed by atoms with van der Waals surface area (Å²) in [6.07, 6.45) is 0. The van der Waals surface area contributed by atoms with E-state index in [0.717, 1.165) is 3.57 Å². The molecule has 0 aliphatic rings. The maximum atomic E-state index is 11.0. The molecule has 0 saturated carbocycles. The predicted octanol–water partition coefficient (Wildman–Crippen LogP) is 3.36. The molecule has 0 atom stereocenters. The number of rotatable bonds is 2. The minimum atomic E-state index is -0.972. The monoisotopic (exact) mass is 340 g/mol. The fraction of sp³-hybridized carbons (Fsp3) is 0. The summed E-state index contributed by atoms with van der Waals surface area (Å²) >= 11 is 2.06. The average molecular weight is 340 g/mol. The van der Waals surface area contributed by atoms with Crippen molar-refractivity contribution in [2.75, 3.05) is 0 Å². The van der Waals surface area contributed by atoms with E-state index in [0.29, 0.717) is 11.1 Å². The van der Waals surface area contributed by atoms with Gasteiger partial charge in [0, 0.05) is 9.13 Å². The maximum Gasteiger partial charge on any atom is 0.335 e. The Kier molecular flexibility index (Phi) is 3.33. The first-order valence-electron chi connectivity index (χ1n) is 4.90. The van der Waals surface area contributed by atoms with E-state index in [1.54, 1.807) is 36.4 Å². The van der Waals surface area contributed by atoms with Gasteiger partial charge < -0.3 is 10.2 Å². The highest BCUT2D eigenvalue weighted by Crippen LogP contribution is 2.30. The van der Waals surface area contributed by atoms with Crippen LogP contribution in [-0.4, -0.2) is 16.2 Å². The number of aromatic carboxylic acids is 1. The number of hydrogen-bond donors (Lipinski definition) is 2. The Bertz CT molecular complexity index is 579. The smallest absolute Gasteiger partial charge is 0.335 e. The highest BCUT2D eigenvalue weighted by molar-refractivity contribution is 14.1. The molecule has 86 valence electrons. The lowest BCUT2D eigenvalue weighted by Gasteiger charge is -2.06. The minimum absolute atomic E-state index is 0.144. The van der Waals surface area contributed by atoms with Crippen LogP contribution in [0.3, 0.4) is 0 Å². The number of carboxylic acid groups (broad SMARTS) is 1. The number of para-hydroxylation sites is 1. The second-order valence-corrected chi connectivity index (χ2v) is 4.80. The first kappa shape index (κ1) is 11.9. The van der Waals surface area contributed by atoms with Gasteiger partial charge in [-0.25, -0.2) is 4.79 Å². The zero-order chi connectivity index (χ0) is 12.4. The molecule has 0 aliphatic heterocycles. The number of carboxylic acids is 1. The van der Waals surface area contributed by atoms with Gasteiger partial charge in [0.2, 0.25) is 0 Å². The van der Waals surface area contributed by atoms with Crippen molar-refractivity contribution >= 4 is 28.6 Å². The first-order valence-corrected chi connectivity index (χ1v) is 5.98. The van der Waals surface area contributed by atoms with E-state index in [-0.39, 0.29) is 11.3 Å². The third kappa shape index (κ3) is 2.58. The lowest BCUT2D eigenvalue weighted by atomic mass is 10.0. The molecule has 0 heterocycles. The summed E-state index contributed by atoms with van der Waals surface area (Å²) in [5, 5.41) is 18.7. The summed E-state index contributed by atoms with van der Waals surface area (Å²) in [7, 11) is 0. The van der Waals surface area contributed by atoms with Crippen LogP contribution < -0.4 is 0 Å². The molecule has 0 aliphatic carbocycles. The second kappa shape index (κ2) is 4.75. The second-order valence-electron chi connectivity index (χ2n) is 3.55. The fourth-order valence-corrected chi connectivity index (χ4v) is 2.26. The molecule has 0 saturated heterocycles. The van der Waals surface area contributed by atoms with Gasteiger partial charge in [-0.3, -0.25) is 0 Å². The number of phenols is 1. The number of hydrogen-bond acceptors (Lipinski definition) is 2. The number of aromatic hydroxyl groups is 1. The molecule has 2 aromatic rings. The first-order chi connectivity index (χ1) is 8.08. The molecule has 0 aromatic heterocycles. The third-order valence-corrected chi connectivity index (χ3v) is 2.98. The van der Waals surface area contributed by atoms with E-state index in [2.05, 4.69) is 22.6 Å². The normalized spacial score (nSPS) is 10.2. The van der Waals surface area contributed by atoms with E-state index in [1.807, 2.05) is 6.07 Å². The molecular weight excluding hydrogens is 331 g/mol. The van der Waals surface area contributed by atoms with Crippen LogP contribution in [0.15, 0.2) is 42.5 Å². The summed E-state index contributed by atoms with van der Waals surface area (Å²) in [6, 6.07) is 11.8. The van der Waals surface area contributed by atoms with Crippen molar-refractivity contribution in [1.29, 1.82) is 0 Å². The summed E-state index contributed by atoms with van der Waals surface area (Å²) in [4.78, 5) is 11.0. The van der Waals surface area contributed by atoms with Crippen LogP contribution in [-0.2, 0) is 0 Å². The standard InChI is InChI=1S/C13H9IO3/c14-10-6-8(5-9(7-10)13(16)17)11-3-1-2-4-12(11)15/h1-7,15H,(H,16,17). The molecule has 4 heteroatoms. The zero-order valence-corrected chi connectivity index (χ0v) is 10.9. The van der Waals surface area contributed by atoms with Crippen molar-refractivity contribution in [3.8, 4) is 16.9 Å². The Morgan fingerprint density at radius 3 is 2.47 bits per heavy atom. The molecule has 2 aromatic carbocycles. The summed E-state index contributed by atoms with van der Waals surface area (Å²) < 4.78 is 0.820. The predicted molar refractivity (Wildman–Crippen MR) is 73.2 cm³/mol. The SMILES string of the molecule is O=C(O)c1cc(I)cc(-c2ccccc2O)c1. The van der Waals surface area contributed by atoms with Gasteiger partial charge in [-0.05, 0) is 52.4 Å². The van der Waals surface area contributed by atoms with Crippen molar-refractivity contribution in [2.45, 2.75) is 0 Å². The van der Waals surface area contributed by atoms with E-state index < -0.39 is 5.97 Å². The van der Waals surface area contributed by atoms with E-state index in [9.17, 15) is 9.90 Å². The van der Waals surface area contributed by atoms with Gasteiger partial charge in [-0.2, -0.15) is 0 Å². The van der Waals surface area contributed by atoms with Crippen LogP contribution in [0.25, 0.3) is 11.1 Å². The number of benzene rings is 2. The van der Waals surface area contributed by atoms with Crippen molar-refractivity contribution in [3.63, 3.8) is 0 Å². The van der Waals surface area contributed by atoms with Gasteiger partial charge in [0.1, 0.15) is 5.75 Å². The number of halogens is 1.